The van der Waals surface area contributed by atoms with Gasteiger partial charge in [0.15, 0.2) is 0 Å². The van der Waals surface area contributed by atoms with Crippen LogP contribution in [0.5, 0.6) is 5.75 Å². The molecule has 0 spiro atoms. The number of hydrogen-bond donors (Lipinski definition) is 0. The van der Waals surface area contributed by atoms with Gasteiger partial charge < -0.3 is 9.47 Å². The first-order valence-corrected chi connectivity index (χ1v) is 4.92. The molecule has 2 rings (SSSR count). The lowest BCUT2D eigenvalue weighted by Crippen LogP contribution is -2.18. The first-order valence-electron chi connectivity index (χ1n) is 4.12. The monoisotopic (exact) mass is 282 g/mol. The van der Waals surface area contributed by atoms with E-state index in [9.17, 15) is 13.2 Å². The fourth-order valence-electron chi connectivity index (χ4n) is 1.21. The fourth-order valence-corrected chi connectivity index (χ4v) is 1.56. The quantitative estimate of drug-likeness (QED) is 0.776. The van der Waals surface area contributed by atoms with E-state index >= 15 is 0 Å². The fraction of sp³-hybridized carbons (Fsp3) is 0.333. The summed E-state index contributed by atoms with van der Waals surface area (Å²) in [5, 5.41) is 0. The molecule has 0 N–H and O–H groups in total. The first-order chi connectivity index (χ1) is 6.96. The van der Waals surface area contributed by atoms with Crippen molar-refractivity contribution in [3.05, 3.63) is 28.2 Å². The number of ether oxygens (including phenoxy) is 2. The highest BCUT2D eigenvalue weighted by Gasteiger charge is 2.35. The molecule has 1 unspecified atom stereocenters. The van der Waals surface area contributed by atoms with Crippen LogP contribution in [0.3, 0.4) is 0 Å². The Hall–Kier alpha value is -0.750. The normalized spacial score (nSPS) is 20.1. The van der Waals surface area contributed by atoms with E-state index in [0.29, 0.717) is 16.6 Å². The molecule has 1 fully saturated rings. The second-order valence-electron chi connectivity index (χ2n) is 3.05. The molecule has 82 valence electrons. The predicted octanol–water partition coefficient (Wildman–Crippen LogP) is 3.42. The van der Waals surface area contributed by atoms with Crippen molar-refractivity contribution in [3.8, 4) is 5.75 Å². The van der Waals surface area contributed by atoms with Crippen LogP contribution in [0.25, 0.3) is 0 Å². The molecular formula is C9H6BrF3O2. The molecule has 1 heterocycles. The molecule has 0 aliphatic carbocycles. The third-order valence-corrected chi connectivity index (χ3v) is 2.37. The average Bonchev–Trinajstić information content (AvgIpc) is 2.84. The molecule has 1 aliphatic heterocycles. The average molecular weight is 283 g/mol. The first kappa shape index (κ1) is 10.8. The summed E-state index contributed by atoms with van der Waals surface area (Å²) in [6, 6.07) is 4.49. The topological polar surface area (TPSA) is 21.8 Å². The van der Waals surface area contributed by atoms with Gasteiger partial charge in [-0.3, -0.25) is 0 Å². The zero-order valence-electron chi connectivity index (χ0n) is 7.34. The predicted molar refractivity (Wildman–Crippen MR) is 49.5 cm³/mol. The van der Waals surface area contributed by atoms with Crippen molar-refractivity contribution in [3.63, 3.8) is 0 Å². The molecule has 0 saturated carbocycles. The van der Waals surface area contributed by atoms with E-state index in [1.54, 1.807) is 12.1 Å². The van der Waals surface area contributed by atoms with Gasteiger partial charge in [0.25, 0.3) is 0 Å². The van der Waals surface area contributed by atoms with Gasteiger partial charge in [-0.15, -0.1) is 13.2 Å². The summed E-state index contributed by atoms with van der Waals surface area (Å²) in [6.07, 6.45) is -4.94. The molecule has 6 heteroatoms. The maximum absolute atomic E-state index is 12.1. The van der Waals surface area contributed by atoms with Crippen LogP contribution in [0, 0.1) is 0 Å². The molecule has 1 aromatic rings. The molecule has 0 aromatic heterocycles. The standard InChI is InChI=1S/C9H6BrF3O2/c10-5-1-2-6(8-4-14-8)7(3-5)15-9(11,12)13/h1-3,8H,4H2. The van der Waals surface area contributed by atoms with Gasteiger partial charge >= 0.3 is 6.36 Å². The SMILES string of the molecule is FC(F)(F)Oc1cc(Br)ccc1C1CO1. The summed E-state index contributed by atoms with van der Waals surface area (Å²) >= 11 is 3.09. The minimum atomic E-state index is -4.68. The lowest BCUT2D eigenvalue weighted by molar-refractivity contribution is -0.275. The summed E-state index contributed by atoms with van der Waals surface area (Å²) < 4.78 is 45.5. The Labute approximate surface area is 92.1 Å². The van der Waals surface area contributed by atoms with Crippen molar-refractivity contribution in [2.75, 3.05) is 6.61 Å². The van der Waals surface area contributed by atoms with Crippen LogP contribution in [0.1, 0.15) is 11.7 Å². The summed E-state index contributed by atoms with van der Waals surface area (Å²) in [4.78, 5) is 0. The summed E-state index contributed by atoms with van der Waals surface area (Å²) in [5.74, 6) is -0.209. The van der Waals surface area contributed by atoms with Crippen LogP contribution >= 0.6 is 15.9 Å². The summed E-state index contributed by atoms with van der Waals surface area (Å²) in [6.45, 7) is 0.440. The number of halogens is 4. The number of alkyl halides is 3. The molecule has 0 amide bonds. The van der Waals surface area contributed by atoms with E-state index in [4.69, 9.17) is 4.74 Å². The maximum atomic E-state index is 12.1. The van der Waals surface area contributed by atoms with Crippen molar-refractivity contribution in [1.29, 1.82) is 0 Å². The van der Waals surface area contributed by atoms with Crippen molar-refractivity contribution >= 4 is 15.9 Å². The van der Waals surface area contributed by atoms with Gasteiger partial charge in [-0.1, -0.05) is 22.0 Å². The Bertz CT molecular complexity index is 374. The molecule has 1 aliphatic rings. The number of rotatable bonds is 2. The molecular weight excluding hydrogens is 277 g/mol. The molecule has 0 bridgehead atoms. The number of hydrogen-bond acceptors (Lipinski definition) is 2. The van der Waals surface area contributed by atoms with Crippen molar-refractivity contribution in [2.45, 2.75) is 12.5 Å². The van der Waals surface area contributed by atoms with Crippen LogP contribution in [0.15, 0.2) is 22.7 Å². The molecule has 1 aromatic carbocycles. The Morgan fingerprint density at radius 1 is 1.40 bits per heavy atom. The van der Waals surface area contributed by atoms with Gasteiger partial charge in [0.05, 0.1) is 6.61 Å². The Balaban J connectivity index is 2.30. The number of benzene rings is 1. The van der Waals surface area contributed by atoms with Crippen LogP contribution in [0.4, 0.5) is 13.2 Å². The third kappa shape index (κ3) is 2.85. The highest BCUT2D eigenvalue weighted by Crippen LogP contribution is 2.39. The Morgan fingerprint density at radius 3 is 2.60 bits per heavy atom. The Kier molecular flexibility index (Phi) is 2.64. The largest absolute Gasteiger partial charge is 0.573 e. The van der Waals surface area contributed by atoms with Crippen LogP contribution in [-0.4, -0.2) is 13.0 Å². The smallest absolute Gasteiger partial charge is 0.405 e. The van der Waals surface area contributed by atoms with Gasteiger partial charge in [-0.25, -0.2) is 0 Å². The van der Waals surface area contributed by atoms with Crippen molar-refractivity contribution in [1.82, 2.24) is 0 Å². The second-order valence-corrected chi connectivity index (χ2v) is 3.97. The van der Waals surface area contributed by atoms with Crippen LogP contribution < -0.4 is 4.74 Å². The Morgan fingerprint density at radius 2 is 2.07 bits per heavy atom. The lowest BCUT2D eigenvalue weighted by Gasteiger charge is -2.12. The highest BCUT2D eigenvalue weighted by atomic mass is 79.9. The maximum Gasteiger partial charge on any atom is 0.573 e. The van der Waals surface area contributed by atoms with Gasteiger partial charge in [0.1, 0.15) is 11.9 Å². The van der Waals surface area contributed by atoms with Gasteiger partial charge in [-0.05, 0) is 12.1 Å². The van der Waals surface area contributed by atoms with Gasteiger partial charge in [0, 0.05) is 10.0 Å². The zero-order valence-corrected chi connectivity index (χ0v) is 8.93. The van der Waals surface area contributed by atoms with E-state index < -0.39 is 6.36 Å². The zero-order chi connectivity index (χ0) is 11.1. The molecule has 1 saturated heterocycles. The minimum absolute atomic E-state index is 0.209. The summed E-state index contributed by atoms with van der Waals surface area (Å²) in [5.41, 5.74) is 0.426. The van der Waals surface area contributed by atoms with Gasteiger partial charge in [0.2, 0.25) is 0 Å². The lowest BCUT2D eigenvalue weighted by atomic mass is 10.1. The van der Waals surface area contributed by atoms with E-state index in [0.717, 1.165) is 0 Å². The van der Waals surface area contributed by atoms with Crippen molar-refractivity contribution < 1.29 is 22.6 Å². The van der Waals surface area contributed by atoms with E-state index in [-0.39, 0.29) is 11.9 Å². The molecule has 2 nitrogen and oxygen atoms in total. The van der Waals surface area contributed by atoms with Crippen molar-refractivity contribution in [2.24, 2.45) is 0 Å². The molecule has 0 radical (unpaired) electrons. The van der Waals surface area contributed by atoms with Crippen LogP contribution in [-0.2, 0) is 4.74 Å². The van der Waals surface area contributed by atoms with E-state index in [2.05, 4.69) is 20.7 Å². The number of epoxide rings is 1. The van der Waals surface area contributed by atoms with Gasteiger partial charge in [-0.2, -0.15) is 0 Å². The highest BCUT2D eigenvalue weighted by molar-refractivity contribution is 9.10. The van der Waals surface area contributed by atoms with E-state index in [1.807, 2.05) is 0 Å². The minimum Gasteiger partial charge on any atom is -0.405 e. The van der Waals surface area contributed by atoms with E-state index in [1.165, 1.54) is 6.07 Å². The summed E-state index contributed by atoms with van der Waals surface area (Å²) in [7, 11) is 0. The molecule has 15 heavy (non-hydrogen) atoms. The van der Waals surface area contributed by atoms with Crippen LogP contribution in [0.2, 0.25) is 0 Å². The second kappa shape index (κ2) is 3.68. The third-order valence-electron chi connectivity index (χ3n) is 1.88. The molecule has 1 atom stereocenters.